The van der Waals surface area contributed by atoms with Crippen molar-refractivity contribution in [2.45, 2.75) is 46.5 Å². The minimum atomic E-state index is 0.229. The fraction of sp³-hybridized carbons (Fsp3) is 0.533. The van der Waals surface area contributed by atoms with E-state index in [1.165, 1.54) is 5.56 Å². The third-order valence-electron chi connectivity index (χ3n) is 2.95. The molecule has 1 aromatic rings. The van der Waals surface area contributed by atoms with Gasteiger partial charge in [-0.3, -0.25) is 4.79 Å². The number of halogens is 1. The number of nitrogens with zero attached hydrogens (tertiary/aromatic N) is 1. The zero-order valence-corrected chi connectivity index (χ0v) is 13.1. The van der Waals surface area contributed by atoms with Crippen LogP contribution < -0.4 is 4.90 Å². The second-order valence-electron chi connectivity index (χ2n) is 4.58. The molecule has 1 aromatic carbocycles. The predicted molar refractivity (Wildman–Crippen MR) is 81.0 cm³/mol. The highest BCUT2D eigenvalue weighted by molar-refractivity contribution is 9.10. The van der Waals surface area contributed by atoms with E-state index >= 15 is 0 Å². The van der Waals surface area contributed by atoms with Gasteiger partial charge in [0.05, 0.1) is 0 Å². The zero-order chi connectivity index (χ0) is 13.5. The minimum Gasteiger partial charge on any atom is -0.312 e. The molecule has 0 radical (unpaired) electrons. The van der Waals surface area contributed by atoms with Gasteiger partial charge in [0.2, 0.25) is 5.91 Å². The standard InChI is InChI=1S/C15H22BrNO/c1-4-6-10-17(15(18)7-5-2)13-8-9-14(16)12(3)11-13/h8-9,11H,4-7,10H2,1-3H3. The molecule has 0 saturated heterocycles. The first kappa shape index (κ1) is 15.2. The summed E-state index contributed by atoms with van der Waals surface area (Å²) in [4.78, 5) is 14.1. The maximum absolute atomic E-state index is 12.2. The van der Waals surface area contributed by atoms with Crippen LogP contribution in [0.25, 0.3) is 0 Å². The third kappa shape index (κ3) is 4.13. The first-order chi connectivity index (χ1) is 8.60. The molecule has 3 heteroatoms. The normalized spacial score (nSPS) is 10.4. The monoisotopic (exact) mass is 311 g/mol. The fourth-order valence-corrected chi connectivity index (χ4v) is 2.11. The summed E-state index contributed by atoms with van der Waals surface area (Å²) >= 11 is 3.50. The van der Waals surface area contributed by atoms with Crippen molar-refractivity contribution < 1.29 is 4.79 Å². The Morgan fingerprint density at radius 2 is 2.00 bits per heavy atom. The van der Waals surface area contributed by atoms with Crippen LogP contribution in [0.5, 0.6) is 0 Å². The molecule has 0 atom stereocenters. The van der Waals surface area contributed by atoms with Gasteiger partial charge < -0.3 is 4.90 Å². The van der Waals surface area contributed by atoms with Gasteiger partial charge in [0.1, 0.15) is 0 Å². The van der Waals surface area contributed by atoms with E-state index in [-0.39, 0.29) is 5.91 Å². The summed E-state index contributed by atoms with van der Waals surface area (Å²) in [5, 5.41) is 0. The lowest BCUT2D eigenvalue weighted by Crippen LogP contribution is -2.31. The highest BCUT2D eigenvalue weighted by Gasteiger charge is 2.14. The van der Waals surface area contributed by atoms with Gasteiger partial charge in [-0.15, -0.1) is 0 Å². The Kier molecular flexibility index (Phi) is 6.41. The van der Waals surface area contributed by atoms with Crippen LogP contribution in [0.1, 0.15) is 45.1 Å². The number of benzene rings is 1. The lowest BCUT2D eigenvalue weighted by molar-refractivity contribution is -0.118. The van der Waals surface area contributed by atoms with Gasteiger partial charge in [0.25, 0.3) is 0 Å². The van der Waals surface area contributed by atoms with Crippen molar-refractivity contribution in [3.63, 3.8) is 0 Å². The molecule has 100 valence electrons. The SMILES string of the molecule is CCCCN(C(=O)CCC)c1ccc(Br)c(C)c1. The molecule has 1 amide bonds. The highest BCUT2D eigenvalue weighted by Crippen LogP contribution is 2.24. The molecule has 18 heavy (non-hydrogen) atoms. The summed E-state index contributed by atoms with van der Waals surface area (Å²) in [5.41, 5.74) is 2.18. The summed E-state index contributed by atoms with van der Waals surface area (Å²) < 4.78 is 1.09. The van der Waals surface area contributed by atoms with Crippen molar-refractivity contribution in [3.05, 3.63) is 28.2 Å². The van der Waals surface area contributed by atoms with Crippen LogP contribution in [0.3, 0.4) is 0 Å². The highest BCUT2D eigenvalue weighted by atomic mass is 79.9. The molecule has 1 rings (SSSR count). The summed E-state index contributed by atoms with van der Waals surface area (Å²) in [7, 11) is 0. The van der Waals surface area contributed by atoms with Crippen molar-refractivity contribution in [2.24, 2.45) is 0 Å². The van der Waals surface area contributed by atoms with Gasteiger partial charge in [-0.1, -0.05) is 36.2 Å². The molecule has 0 aromatic heterocycles. The van der Waals surface area contributed by atoms with Gasteiger partial charge in [0, 0.05) is 23.1 Å². The Morgan fingerprint density at radius 1 is 1.28 bits per heavy atom. The maximum Gasteiger partial charge on any atom is 0.226 e. The largest absolute Gasteiger partial charge is 0.312 e. The predicted octanol–water partition coefficient (Wildman–Crippen LogP) is 4.69. The summed E-state index contributed by atoms with van der Waals surface area (Å²) in [6, 6.07) is 6.11. The zero-order valence-electron chi connectivity index (χ0n) is 11.5. The van der Waals surface area contributed by atoms with Crippen molar-refractivity contribution in [3.8, 4) is 0 Å². The van der Waals surface area contributed by atoms with Gasteiger partial charge in [0.15, 0.2) is 0 Å². The van der Waals surface area contributed by atoms with Crippen LogP contribution in [-0.2, 0) is 4.79 Å². The Labute approximate surface area is 119 Å². The number of aryl methyl sites for hydroxylation is 1. The molecular weight excluding hydrogens is 290 g/mol. The molecular formula is C15H22BrNO. The molecule has 0 aliphatic heterocycles. The lowest BCUT2D eigenvalue weighted by Gasteiger charge is -2.23. The number of anilines is 1. The number of unbranched alkanes of at least 4 members (excludes halogenated alkanes) is 1. The number of hydrogen-bond donors (Lipinski definition) is 0. The van der Waals surface area contributed by atoms with E-state index in [0.717, 1.165) is 36.0 Å². The Hall–Kier alpha value is -0.830. The second kappa shape index (κ2) is 7.57. The summed E-state index contributed by atoms with van der Waals surface area (Å²) in [5.74, 6) is 0.229. The van der Waals surface area contributed by atoms with Gasteiger partial charge in [-0.25, -0.2) is 0 Å². The van der Waals surface area contributed by atoms with Crippen LogP contribution in [0.15, 0.2) is 22.7 Å². The van der Waals surface area contributed by atoms with E-state index in [1.54, 1.807) is 0 Å². The fourth-order valence-electron chi connectivity index (χ4n) is 1.86. The number of carbonyl (C=O) groups excluding carboxylic acids is 1. The van der Waals surface area contributed by atoms with E-state index in [9.17, 15) is 4.79 Å². The van der Waals surface area contributed by atoms with Gasteiger partial charge in [-0.05, 0) is 43.5 Å². The topological polar surface area (TPSA) is 20.3 Å². The molecule has 0 aliphatic rings. The number of hydrogen-bond acceptors (Lipinski definition) is 1. The first-order valence-electron chi connectivity index (χ1n) is 6.66. The van der Waals surface area contributed by atoms with E-state index in [4.69, 9.17) is 0 Å². The van der Waals surface area contributed by atoms with Gasteiger partial charge >= 0.3 is 0 Å². The molecule has 2 nitrogen and oxygen atoms in total. The Morgan fingerprint density at radius 3 is 2.56 bits per heavy atom. The van der Waals surface area contributed by atoms with E-state index in [0.29, 0.717) is 6.42 Å². The minimum absolute atomic E-state index is 0.229. The molecule has 0 saturated carbocycles. The van der Waals surface area contributed by atoms with E-state index < -0.39 is 0 Å². The van der Waals surface area contributed by atoms with Crippen molar-refractivity contribution >= 4 is 27.5 Å². The molecule has 0 spiro atoms. The smallest absolute Gasteiger partial charge is 0.226 e. The molecule has 0 N–H and O–H groups in total. The molecule has 0 heterocycles. The molecule has 0 aliphatic carbocycles. The van der Waals surface area contributed by atoms with Crippen LogP contribution in [0.2, 0.25) is 0 Å². The Bertz CT molecular complexity index is 403. The quantitative estimate of drug-likeness (QED) is 0.746. The van der Waals surface area contributed by atoms with Crippen LogP contribution in [-0.4, -0.2) is 12.5 Å². The number of rotatable bonds is 6. The van der Waals surface area contributed by atoms with E-state index in [2.05, 4.69) is 35.8 Å². The van der Waals surface area contributed by atoms with Crippen LogP contribution in [0.4, 0.5) is 5.69 Å². The number of carbonyl (C=O) groups is 1. The van der Waals surface area contributed by atoms with Crippen LogP contribution >= 0.6 is 15.9 Å². The number of amides is 1. The van der Waals surface area contributed by atoms with Gasteiger partial charge in [-0.2, -0.15) is 0 Å². The summed E-state index contributed by atoms with van der Waals surface area (Å²) in [6.45, 7) is 7.06. The van der Waals surface area contributed by atoms with Crippen molar-refractivity contribution in [1.29, 1.82) is 0 Å². The lowest BCUT2D eigenvalue weighted by atomic mass is 10.1. The average Bonchev–Trinajstić information content (AvgIpc) is 2.34. The van der Waals surface area contributed by atoms with E-state index in [1.807, 2.05) is 24.0 Å². The second-order valence-corrected chi connectivity index (χ2v) is 5.44. The summed E-state index contributed by atoms with van der Waals surface area (Å²) in [6.07, 6.45) is 3.67. The van der Waals surface area contributed by atoms with Crippen molar-refractivity contribution in [1.82, 2.24) is 0 Å². The maximum atomic E-state index is 12.2. The first-order valence-corrected chi connectivity index (χ1v) is 7.46. The Balaban J connectivity index is 2.93. The van der Waals surface area contributed by atoms with Crippen molar-refractivity contribution in [2.75, 3.05) is 11.4 Å². The third-order valence-corrected chi connectivity index (χ3v) is 3.84. The molecule has 0 unspecified atom stereocenters. The van der Waals surface area contributed by atoms with Crippen LogP contribution in [0, 0.1) is 6.92 Å². The molecule has 0 bridgehead atoms. The average molecular weight is 312 g/mol. The molecule has 0 fully saturated rings.